The highest BCUT2D eigenvalue weighted by atomic mass is 32.1. The highest BCUT2D eigenvalue weighted by Gasteiger charge is 2.13. The van der Waals surface area contributed by atoms with Crippen LogP contribution in [0.5, 0.6) is 0 Å². The van der Waals surface area contributed by atoms with E-state index in [1.807, 2.05) is 42.5 Å². The first-order chi connectivity index (χ1) is 10.7. The van der Waals surface area contributed by atoms with Crippen LogP contribution in [0.15, 0.2) is 46.6 Å². The van der Waals surface area contributed by atoms with E-state index in [2.05, 4.69) is 15.5 Å². The maximum Gasteiger partial charge on any atom is 0.187 e. The Morgan fingerprint density at radius 3 is 2.59 bits per heavy atom. The second-order valence-corrected chi connectivity index (χ2v) is 5.02. The first-order valence-electron chi connectivity index (χ1n) is 6.20. The number of aliphatic hydroxyl groups is 1. The third-order valence-corrected chi connectivity index (χ3v) is 3.47. The van der Waals surface area contributed by atoms with Crippen LogP contribution < -0.4 is 5.43 Å². The number of para-hydroxylation sites is 1. The van der Waals surface area contributed by atoms with E-state index >= 15 is 0 Å². The molecule has 0 aliphatic rings. The Bertz CT molecular complexity index is 804. The van der Waals surface area contributed by atoms with Crippen molar-refractivity contribution in [2.24, 2.45) is 5.10 Å². The maximum absolute atomic E-state index is 9.44. The van der Waals surface area contributed by atoms with Crippen LogP contribution in [0.4, 0.5) is 5.69 Å². The van der Waals surface area contributed by atoms with E-state index in [-0.39, 0.29) is 17.0 Å². The molecule has 0 aliphatic heterocycles. The molecule has 0 saturated carbocycles. The number of allylic oxidation sites excluding steroid dienone is 2. The molecule has 1 aromatic carbocycles. The van der Waals surface area contributed by atoms with Gasteiger partial charge in [-0.2, -0.15) is 15.6 Å². The Morgan fingerprint density at radius 1 is 1.27 bits per heavy atom. The van der Waals surface area contributed by atoms with E-state index in [1.165, 1.54) is 6.92 Å². The van der Waals surface area contributed by atoms with Gasteiger partial charge < -0.3 is 5.11 Å². The van der Waals surface area contributed by atoms with Crippen LogP contribution in [0.2, 0.25) is 0 Å². The molecule has 0 saturated heterocycles. The van der Waals surface area contributed by atoms with E-state index < -0.39 is 0 Å². The molecule has 0 radical (unpaired) electrons. The van der Waals surface area contributed by atoms with Crippen molar-refractivity contribution in [1.82, 2.24) is 4.98 Å². The van der Waals surface area contributed by atoms with E-state index in [9.17, 15) is 10.4 Å². The molecular formula is C15H11N5OS. The molecule has 0 spiro atoms. The van der Waals surface area contributed by atoms with Crippen molar-refractivity contribution >= 4 is 28.3 Å². The smallest absolute Gasteiger partial charge is 0.187 e. The highest BCUT2D eigenvalue weighted by molar-refractivity contribution is 7.11. The molecule has 22 heavy (non-hydrogen) atoms. The number of hydrogen-bond donors (Lipinski definition) is 2. The van der Waals surface area contributed by atoms with Crippen LogP contribution in [-0.4, -0.2) is 15.8 Å². The predicted octanol–water partition coefficient (Wildman–Crippen LogP) is 3.30. The third-order valence-electron chi connectivity index (χ3n) is 2.61. The van der Waals surface area contributed by atoms with Crippen LogP contribution in [0, 0.1) is 22.7 Å². The molecule has 1 heterocycles. The predicted molar refractivity (Wildman–Crippen MR) is 85.2 cm³/mol. The molecule has 2 aromatic rings. The number of nitrogens with zero attached hydrogens (tertiary/aromatic N) is 4. The second-order valence-electron chi connectivity index (χ2n) is 4.16. The summed E-state index contributed by atoms with van der Waals surface area (Å²) < 4.78 is 0. The Balaban J connectivity index is 2.27. The van der Waals surface area contributed by atoms with Gasteiger partial charge in [-0.25, -0.2) is 4.98 Å². The van der Waals surface area contributed by atoms with Gasteiger partial charge in [-0.05, 0) is 19.1 Å². The average Bonchev–Trinajstić information content (AvgIpc) is 2.99. The quantitative estimate of drug-likeness (QED) is 0.390. The summed E-state index contributed by atoms with van der Waals surface area (Å²) in [6.07, 6.45) is 0. The number of anilines is 1. The maximum atomic E-state index is 9.44. The summed E-state index contributed by atoms with van der Waals surface area (Å²) in [7, 11) is 0. The zero-order valence-corrected chi connectivity index (χ0v) is 12.4. The number of hydrogen-bond acceptors (Lipinski definition) is 7. The van der Waals surface area contributed by atoms with Gasteiger partial charge in [-0.1, -0.05) is 18.2 Å². The van der Waals surface area contributed by atoms with Gasteiger partial charge in [0.15, 0.2) is 5.71 Å². The van der Waals surface area contributed by atoms with Crippen molar-refractivity contribution in [2.75, 3.05) is 5.43 Å². The lowest BCUT2D eigenvalue weighted by Gasteiger charge is -1.99. The summed E-state index contributed by atoms with van der Waals surface area (Å²) >= 11 is 1.16. The molecular weight excluding hydrogens is 298 g/mol. The number of aliphatic hydroxyl groups excluding tert-OH is 1. The standard InChI is InChI=1S/C15H11N5OS/c1-10(21)12(7-16)15-18-14(9-22-15)13(8-17)20-19-11-5-3-2-4-6-11/h2-6,9,19,21H,1H3/b12-10-,20-13+. The lowest BCUT2D eigenvalue weighted by Crippen LogP contribution is -2.02. The third kappa shape index (κ3) is 3.48. The number of rotatable bonds is 4. The van der Waals surface area contributed by atoms with E-state index in [1.54, 1.807) is 5.38 Å². The lowest BCUT2D eigenvalue weighted by atomic mass is 10.2. The van der Waals surface area contributed by atoms with Crippen LogP contribution in [0.3, 0.4) is 0 Å². The molecule has 2 N–H and O–H groups in total. The van der Waals surface area contributed by atoms with Gasteiger partial charge in [0, 0.05) is 5.38 Å². The fourth-order valence-corrected chi connectivity index (χ4v) is 2.40. The fraction of sp³-hybridized carbons (Fsp3) is 0.0667. The van der Waals surface area contributed by atoms with Crippen molar-refractivity contribution in [2.45, 2.75) is 6.92 Å². The molecule has 0 bridgehead atoms. The molecule has 1 aromatic heterocycles. The number of thiazole rings is 1. The summed E-state index contributed by atoms with van der Waals surface area (Å²) in [5.74, 6) is -0.110. The normalized spacial score (nSPS) is 12.0. The number of nitriles is 2. The molecule has 0 unspecified atom stereocenters. The lowest BCUT2D eigenvalue weighted by molar-refractivity contribution is 0.418. The van der Waals surface area contributed by atoms with E-state index in [0.717, 1.165) is 17.0 Å². The zero-order chi connectivity index (χ0) is 15.9. The van der Waals surface area contributed by atoms with Gasteiger partial charge in [0.05, 0.1) is 5.69 Å². The minimum atomic E-state index is -0.110. The zero-order valence-electron chi connectivity index (χ0n) is 11.6. The number of hydrazone groups is 1. The summed E-state index contributed by atoms with van der Waals surface area (Å²) in [4.78, 5) is 4.17. The van der Waals surface area contributed by atoms with Gasteiger partial charge >= 0.3 is 0 Å². The molecule has 0 aliphatic carbocycles. The number of nitrogens with one attached hydrogen (secondary N) is 1. The summed E-state index contributed by atoms with van der Waals surface area (Å²) in [5, 5.41) is 33.6. The first-order valence-corrected chi connectivity index (χ1v) is 7.08. The summed E-state index contributed by atoms with van der Waals surface area (Å²) in [5.41, 5.74) is 4.05. The van der Waals surface area contributed by atoms with Crippen LogP contribution in [0.25, 0.3) is 5.57 Å². The van der Waals surface area contributed by atoms with Crippen molar-refractivity contribution in [3.63, 3.8) is 0 Å². The molecule has 7 heteroatoms. The van der Waals surface area contributed by atoms with Crippen LogP contribution >= 0.6 is 11.3 Å². The highest BCUT2D eigenvalue weighted by Crippen LogP contribution is 2.21. The van der Waals surface area contributed by atoms with Gasteiger partial charge in [-0.15, -0.1) is 11.3 Å². The van der Waals surface area contributed by atoms with Crippen molar-refractivity contribution in [1.29, 1.82) is 10.5 Å². The molecule has 0 fully saturated rings. The van der Waals surface area contributed by atoms with Gasteiger partial charge in [0.25, 0.3) is 0 Å². The topological polar surface area (TPSA) is 105 Å². The SMILES string of the molecule is C/C(O)=C(\C#N)c1nc(/C(C#N)=N/Nc2ccccc2)cs1. The molecule has 2 rings (SSSR count). The minimum absolute atomic E-state index is 0.0876. The summed E-state index contributed by atoms with van der Waals surface area (Å²) in [6, 6.07) is 13.0. The first kappa shape index (κ1) is 15.2. The molecule has 0 atom stereocenters. The van der Waals surface area contributed by atoms with Crippen LogP contribution in [-0.2, 0) is 0 Å². The van der Waals surface area contributed by atoms with Crippen LogP contribution in [0.1, 0.15) is 17.6 Å². The second kappa shape index (κ2) is 7.02. The Labute approximate surface area is 131 Å². The molecule has 0 amide bonds. The van der Waals surface area contributed by atoms with Gasteiger partial charge in [0.2, 0.25) is 0 Å². The van der Waals surface area contributed by atoms with Gasteiger partial charge in [0.1, 0.15) is 34.2 Å². The monoisotopic (exact) mass is 309 g/mol. The Morgan fingerprint density at radius 2 is 2.00 bits per heavy atom. The Kier molecular flexibility index (Phi) is 4.86. The molecule has 108 valence electrons. The fourth-order valence-electron chi connectivity index (χ4n) is 1.55. The van der Waals surface area contributed by atoms with E-state index in [0.29, 0.717) is 10.7 Å². The van der Waals surface area contributed by atoms with Crippen molar-refractivity contribution < 1.29 is 5.11 Å². The Hall–Kier alpha value is -3.16. The minimum Gasteiger partial charge on any atom is -0.511 e. The summed E-state index contributed by atoms with van der Waals surface area (Å²) in [6.45, 7) is 1.41. The van der Waals surface area contributed by atoms with E-state index in [4.69, 9.17) is 5.26 Å². The number of aromatic nitrogens is 1. The largest absolute Gasteiger partial charge is 0.511 e. The number of benzene rings is 1. The molecule has 6 nitrogen and oxygen atoms in total. The van der Waals surface area contributed by atoms with Crippen molar-refractivity contribution in [3.8, 4) is 12.1 Å². The van der Waals surface area contributed by atoms with Gasteiger partial charge in [-0.3, -0.25) is 5.43 Å². The average molecular weight is 309 g/mol. The van der Waals surface area contributed by atoms with Crippen molar-refractivity contribution in [3.05, 3.63) is 52.2 Å².